The Labute approximate surface area is 119 Å². The lowest BCUT2D eigenvalue weighted by Crippen LogP contribution is -2.46. The second-order valence-electron chi connectivity index (χ2n) is 5.87. The predicted octanol–water partition coefficient (Wildman–Crippen LogP) is 2.49. The molecule has 0 aliphatic carbocycles. The molecule has 1 N–H and O–H groups in total. The largest absolute Gasteiger partial charge is 0.334 e. The number of amides is 1. The van der Waals surface area contributed by atoms with Crippen LogP contribution in [0.25, 0.3) is 0 Å². The average molecular weight is 276 g/mol. The molecule has 20 heavy (non-hydrogen) atoms. The van der Waals surface area contributed by atoms with Crippen molar-refractivity contribution in [2.75, 3.05) is 13.1 Å². The van der Waals surface area contributed by atoms with Gasteiger partial charge in [-0.15, -0.1) is 0 Å². The Bertz CT molecular complexity index is 511. The highest BCUT2D eigenvalue weighted by molar-refractivity contribution is 5.96. The summed E-state index contributed by atoms with van der Waals surface area (Å²) >= 11 is 0. The Morgan fingerprint density at radius 1 is 1.35 bits per heavy atom. The summed E-state index contributed by atoms with van der Waals surface area (Å²) in [6.45, 7) is 3.70. The highest BCUT2D eigenvalue weighted by Gasteiger charge is 2.36. The van der Waals surface area contributed by atoms with Crippen LogP contribution in [0.15, 0.2) is 18.2 Å². The fraction of sp³-hybridized carbons (Fsp3) is 0.562. The minimum atomic E-state index is -0.339. The number of hydrogen-bond acceptors (Lipinski definition) is 2. The molecule has 0 radical (unpaired) electrons. The van der Waals surface area contributed by atoms with E-state index in [9.17, 15) is 9.18 Å². The summed E-state index contributed by atoms with van der Waals surface area (Å²) in [7, 11) is 0. The van der Waals surface area contributed by atoms with E-state index in [1.165, 1.54) is 18.6 Å². The molecular formula is C16H21FN2O. The predicted molar refractivity (Wildman–Crippen MR) is 76.2 cm³/mol. The van der Waals surface area contributed by atoms with E-state index in [0.29, 0.717) is 11.6 Å². The van der Waals surface area contributed by atoms with Crippen molar-refractivity contribution >= 4 is 5.91 Å². The fourth-order valence-corrected chi connectivity index (χ4v) is 3.48. The molecule has 1 amide bonds. The van der Waals surface area contributed by atoms with Crippen LogP contribution < -0.4 is 5.32 Å². The van der Waals surface area contributed by atoms with Crippen molar-refractivity contribution in [3.8, 4) is 0 Å². The van der Waals surface area contributed by atoms with E-state index < -0.39 is 0 Å². The molecule has 3 rings (SSSR count). The molecule has 2 heterocycles. The van der Waals surface area contributed by atoms with Crippen molar-refractivity contribution < 1.29 is 9.18 Å². The zero-order valence-electron chi connectivity index (χ0n) is 11.9. The molecule has 4 heteroatoms. The summed E-state index contributed by atoms with van der Waals surface area (Å²) in [5.41, 5.74) is 1.36. The van der Waals surface area contributed by atoms with E-state index in [0.717, 1.165) is 37.9 Å². The molecule has 2 aliphatic rings. The zero-order valence-corrected chi connectivity index (χ0v) is 11.9. The van der Waals surface area contributed by atoms with Crippen molar-refractivity contribution in [3.63, 3.8) is 0 Å². The fourth-order valence-electron chi connectivity index (χ4n) is 3.48. The number of hydrogen-bond donors (Lipinski definition) is 1. The molecule has 2 saturated heterocycles. The molecule has 108 valence electrons. The van der Waals surface area contributed by atoms with Crippen LogP contribution in [0.5, 0.6) is 0 Å². The third-order valence-electron chi connectivity index (χ3n) is 4.55. The Hall–Kier alpha value is -1.42. The quantitative estimate of drug-likeness (QED) is 0.900. The number of carbonyl (C=O) groups excluding carboxylic acids is 1. The van der Waals surface area contributed by atoms with Gasteiger partial charge in [0.05, 0.1) is 0 Å². The molecule has 0 spiro atoms. The number of halogens is 1. The molecule has 0 saturated carbocycles. The molecular weight excluding hydrogens is 255 g/mol. The standard InChI is InChI=1S/C16H21FN2O/c1-11-6-7-12(17)10-13(11)16(20)19-9-3-5-15(19)14-4-2-8-18-14/h6-7,10,14-15,18H,2-5,8-9H2,1H3. The van der Waals surface area contributed by atoms with Crippen LogP contribution in [-0.2, 0) is 0 Å². The summed E-state index contributed by atoms with van der Waals surface area (Å²) < 4.78 is 13.4. The SMILES string of the molecule is Cc1ccc(F)cc1C(=O)N1CCCC1C1CCCN1. The number of nitrogens with one attached hydrogen (secondary N) is 1. The van der Waals surface area contributed by atoms with Gasteiger partial charge < -0.3 is 10.2 Å². The first-order valence-electron chi connectivity index (χ1n) is 7.47. The van der Waals surface area contributed by atoms with E-state index in [-0.39, 0.29) is 17.8 Å². The van der Waals surface area contributed by atoms with Gasteiger partial charge in [-0.3, -0.25) is 4.79 Å². The van der Waals surface area contributed by atoms with Crippen LogP contribution >= 0.6 is 0 Å². The van der Waals surface area contributed by atoms with Gasteiger partial charge in [0.2, 0.25) is 0 Å². The Morgan fingerprint density at radius 2 is 2.20 bits per heavy atom. The Kier molecular flexibility index (Phi) is 3.74. The van der Waals surface area contributed by atoms with E-state index >= 15 is 0 Å². The molecule has 1 aromatic carbocycles. The summed E-state index contributed by atoms with van der Waals surface area (Å²) in [5.74, 6) is -0.355. The summed E-state index contributed by atoms with van der Waals surface area (Å²) in [6.07, 6.45) is 4.42. The van der Waals surface area contributed by atoms with Crippen molar-refractivity contribution in [1.29, 1.82) is 0 Å². The lowest BCUT2D eigenvalue weighted by molar-refractivity contribution is 0.0710. The number of nitrogens with zero attached hydrogens (tertiary/aromatic N) is 1. The number of likely N-dealkylation sites (tertiary alicyclic amines) is 1. The second-order valence-corrected chi connectivity index (χ2v) is 5.87. The highest BCUT2D eigenvalue weighted by Crippen LogP contribution is 2.27. The number of aryl methyl sites for hydroxylation is 1. The molecule has 0 aromatic heterocycles. The van der Waals surface area contributed by atoms with Gasteiger partial charge in [0.1, 0.15) is 5.82 Å². The van der Waals surface area contributed by atoms with E-state index in [2.05, 4.69) is 5.32 Å². The molecule has 2 unspecified atom stereocenters. The van der Waals surface area contributed by atoms with Crippen LogP contribution in [-0.4, -0.2) is 36.0 Å². The van der Waals surface area contributed by atoms with Crippen molar-refractivity contribution in [3.05, 3.63) is 35.1 Å². The molecule has 0 bridgehead atoms. The third-order valence-corrected chi connectivity index (χ3v) is 4.55. The third kappa shape index (κ3) is 2.44. The smallest absolute Gasteiger partial charge is 0.254 e. The van der Waals surface area contributed by atoms with E-state index in [4.69, 9.17) is 0 Å². The van der Waals surface area contributed by atoms with Crippen LogP contribution in [0.3, 0.4) is 0 Å². The summed E-state index contributed by atoms with van der Waals surface area (Å²) in [5, 5.41) is 3.49. The lowest BCUT2D eigenvalue weighted by atomic mass is 10.0. The number of carbonyl (C=O) groups is 1. The van der Waals surface area contributed by atoms with Crippen LogP contribution in [0.4, 0.5) is 4.39 Å². The topological polar surface area (TPSA) is 32.3 Å². The second kappa shape index (κ2) is 5.52. The minimum absolute atomic E-state index is 0.0156. The Balaban J connectivity index is 1.83. The zero-order chi connectivity index (χ0) is 14.1. The lowest BCUT2D eigenvalue weighted by Gasteiger charge is -2.30. The van der Waals surface area contributed by atoms with Gasteiger partial charge in [-0.25, -0.2) is 4.39 Å². The van der Waals surface area contributed by atoms with Gasteiger partial charge in [-0.2, -0.15) is 0 Å². The molecule has 2 aliphatic heterocycles. The minimum Gasteiger partial charge on any atom is -0.334 e. The van der Waals surface area contributed by atoms with Gasteiger partial charge in [0.15, 0.2) is 0 Å². The van der Waals surface area contributed by atoms with Crippen molar-refractivity contribution in [2.45, 2.75) is 44.7 Å². The highest BCUT2D eigenvalue weighted by atomic mass is 19.1. The first-order chi connectivity index (χ1) is 9.66. The molecule has 2 atom stereocenters. The molecule has 3 nitrogen and oxygen atoms in total. The van der Waals surface area contributed by atoms with Gasteiger partial charge >= 0.3 is 0 Å². The maximum atomic E-state index is 13.4. The number of benzene rings is 1. The number of rotatable bonds is 2. The molecule has 1 aromatic rings. The van der Waals surface area contributed by atoms with Gasteiger partial charge in [-0.1, -0.05) is 6.07 Å². The Morgan fingerprint density at radius 3 is 2.95 bits per heavy atom. The van der Waals surface area contributed by atoms with Crippen LogP contribution in [0, 0.1) is 12.7 Å². The summed E-state index contributed by atoms with van der Waals surface area (Å²) in [6, 6.07) is 5.14. The maximum Gasteiger partial charge on any atom is 0.254 e. The van der Waals surface area contributed by atoms with Gasteiger partial charge in [0, 0.05) is 24.2 Å². The van der Waals surface area contributed by atoms with Gasteiger partial charge in [0.25, 0.3) is 5.91 Å². The van der Waals surface area contributed by atoms with Crippen LogP contribution in [0.1, 0.15) is 41.6 Å². The first kappa shape index (κ1) is 13.6. The monoisotopic (exact) mass is 276 g/mol. The van der Waals surface area contributed by atoms with E-state index in [1.807, 2.05) is 11.8 Å². The van der Waals surface area contributed by atoms with Crippen LogP contribution in [0.2, 0.25) is 0 Å². The average Bonchev–Trinajstić information content (AvgIpc) is 3.10. The van der Waals surface area contributed by atoms with Gasteiger partial charge in [-0.05, 0) is 56.8 Å². The van der Waals surface area contributed by atoms with Crippen molar-refractivity contribution in [2.24, 2.45) is 0 Å². The first-order valence-corrected chi connectivity index (χ1v) is 7.47. The van der Waals surface area contributed by atoms with E-state index in [1.54, 1.807) is 6.07 Å². The molecule has 2 fully saturated rings. The summed E-state index contributed by atoms with van der Waals surface area (Å²) in [4.78, 5) is 14.7. The normalized spacial score (nSPS) is 26.2. The van der Waals surface area contributed by atoms with Crippen molar-refractivity contribution in [1.82, 2.24) is 10.2 Å². The maximum absolute atomic E-state index is 13.4.